The highest BCUT2D eigenvalue weighted by Crippen LogP contribution is 2.39. The van der Waals surface area contributed by atoms with E-state index in [4.69, 9.17) is 16.6 Å². The molecular weight excluding hydrogens is 562 g/mol. The molecule has 212 valence electrons. The minimum Gasteiger partial charge on any atom is -0.322 e. The fourth-order valence-corrected chi connectivity index (χ4v) is 6.85. The Morgan fingerprint density at radius 1 is 0.857 bits per heavy atom. The summed E-state index contributed by atoms with van der Waals surface area (Å²) in [5, 5.41) is 8.07. The van der Waals surface area contributed by atoms with Crippen molar-refractivity contribution in [1.29, 1.82) is 0 Å². The lowest BCUT2D eigenvalue weighted by atomic mass is 9.86. The number of nitrogens with zero attached hydrogens (tertiary/aromatic N) is 1. The number of carbonyl (C=O) groups is 2. The van der Waals surface area contributed by atoms with Crippen molar-refractivity contribution in [3.05, 3.63) is 111 Å². The summed E-state index contributed by atoms with van der Waals surface area (Å²) in [6.07, 6.45) is 3.82. The molecule has 7 heteroatoms. The zero-order valence-corrected chi connectivity index (χ0v) is 25.5. The van der Waals surface area contributed by atoms with Crippen LogP contribution in [0.1, 0.15) is 70.3 Å². The number of pyridine rings is 1. The summed E-state index contributed by atoms with van der Waals surface area (Å²) in [7, 11) is 0. The standard InChI is InChI=1S/C35H32ClN3O2S/c1-35(2,3)22-14-12-21(13-15-22)29-20-27(25-8-4-6-10-28(25)38-29)32(40)39-34-31(26-9-5-7-11-30(26)42-34)33(41)37-24-18-16-23(36)17-19-24/h4,6,8,10,12-20H,5,7,9,11H2,1-3H3,(H,37,41)(H,39,40). The van der Waals surface area contributed by atoms with Gasteiger partial charge < -0.3 is 10.6 Å². The molecule has 1 aliphatic rings. The highest BCUT2D eigenvalue weighted by atomic mass is 35.5. The number of thiophene rings is 1. The van der Waals surface area contributed by atoms with Crippen LogP contribution >= 0.6 is 22.9 Å². The molecule has 0 radical (unpaired) electrons. The zero-order valence-electron chi connectivity index (χ0n) is 23.9. The molecule has 2 aromatic heterocycles. The van der Waals surface area contributed by atoms with Crippen molar-refractivity contribution in [3.63, 3.8) is 0 Å². The molecule has 2 amide bonds. The average Bonchev–Trinajstić information content (AvgIpc) is 3.35. The van der Waals surface area contributed by atoms with Crippen LogP contribution in [0.2, 0.25) is 5.02 Å². The van der Waals surface area contributed by atoms with Gasteiger partial charge in [0.1, 0.15) is 5.00 Å². The molecule has 5 aromatic rings. The van der Waals surface area contributed by atoms with Crippen LogP contribution in [0.4, 0.5) is 10.7 Å². The van der Waals surface area contributed by atoms with Gasteiger partial charge in [-0.15, -0.1) is 11.3 Å². The van der Waals surface area contributed by atoms with Crippen LogP contribution < -0.4 is 10.6 Å². The molecule has 5 nitrogen and oxygen atoms in total. The van der Waals surface area contributed by atoms with E-state index in [1.54, 1.807) is 24.3 Å². The van der Waals surface area contributed by atoms with E-state index in [0.29, 0.717) is 26.8 Å². The Labute approximate surface area is 255 Å². The van der Waals surface area contributed by atoms with E-state index in [1.807, 2.05) is 30.3 Å². The van der Waals surface area contributed by atoms with Crippen LogP contribution in [-0.4, -0.2) is 16.8 Å². The normalized spacial score (nSPS) is 13.0. The lowest BCUT2D eigenvalue weighted by molar-refractivity contribution is 0.102. The molecule has 0 fully saturated rings. The predicted molar refractivity (Wildman–Crippen MR) is 174 cm³/mol. The molecule has 0 spiro atoms. The first-order valence-electron chi connectivity index (χ1n) is 14.2. The molecule has 0 bridgehead atoms. The van der Waals surface area contributed by atoms with Gasteiger partial charge in [0.05, 0.1) is 22.3 Å². The van der Waals surface area contributed by atoms with Crippen molar-refractivity contribution in [3.8, 4) is 11.3 Å². The van der Waals surface area contributed by atoms with Gasteiger partial charge in [-0.3, -0.25) is 9.59 Å². The monoisotopic (exact) mass is 593 g/mol. The second-order valence-corrected chi connectivity index (χ2v) is 13.3. The minimum atomic E-state index is -0.264. The average molecular weight is 594 g/mol. The maximum Gasteiger partial charge on any atom is 0.258 e. The number of para-hydroxylation sites is 1. The topological polar surface area (TPSA) is 71.1 Å². The van der Waals surface area contributed by atoms with Crippen molar-refractivity contribution >= 4 is 56.3 Å². The third-order valence-corrected chi connectivity index (χ3v) is 9.19. The summed E-state index contributed by atoms with van der Waals surface area (Å²) >= 11 is 7.54. The zero-order chi connectivity index (χ0) is 29.4. The van der Waals surface area contributed by atoms with Crippen molar-refractivity contribution in [2.75, 3.05) is 10.6 Å². The maximum absolute atomic E-state index is 14.0. The number of benzene rings is 3. The largest absolute Gasteiger partial charge is 0.322 e. The number of anilines is 2. The summed E-state index contributed by atoms with van der Waals surface area (Å²) in [6.45, 7) is 6.56. The number of hydrogen-bond acceptors (Lipinski definition) is 4. The SMILES string of the molecule is CC(C)(C)c1ccc(-c2cc(C(=O)Nc3sc4c(c3C(=O)Nc3ccc(Cl)cc3)CCCC4)c3ccccc3n2)cc1. The van der Waals surface area contributed by atoms with Gasteiger partial charge >= 0.3 is 0 Å². The Balaban J connectivity index is 1.37. The van der Waals surface area contributed by atoms with E-state index in [-0.39, 0.29) is 17.2 Å². The van der Waals surface area contributed by atoms with E-state index in [2.05, 4.69) is 55.7 Å². The number of nitrogens with one attached hydrogen (secondary N) is 2. The van der Waals surface area contributed by atoms with Gasteiger partial charge in [-0.1, -0.05) is 74.8 Å². The third-order valence-electron chi connectivity index (χ3n) is 7.74. The molecule has 2 heterocycles. The molecule has 2 N–H and O–H groups in total. The molecule has 0 saturated carbocycles. The van der Waals surface area contributed by atoms with Crippen LogP contribution in [-0.2, 0) is 18.3 Å². The fraction of sp³-hybridized carbons (Fsp3) is 0.229. The number of rotatable bonds is 5. The molecule has 0 unspecified atom stereocenters. The first-order valence-corrected chi connectivity index (χ1v) is 15.4. The van der Waals surface area contributed by atoms with E-state index >= 15 is 0 Å². The van der Waals surface area contributed by atoms with Gasteiger partial charge in [0.15, 0.2) is 0 Å². The summed E-state index contributed by atoms with van der Waals surface area (Å²) in [5.41, 5.74) is 6.44. The number of hydrogen-bond donors (Lipinski definition) is 2. The molecule has 6 rings (SSSR count). The van der Waals surface area contributed by atoms with Gasteiger partial charge in [-0.05, 0) is 78.6 Å². The predicted octanol–water partition coefficient (Wildman–Crippen LogP) is 9.30. The van der Waals surface area contributed by atoms with Crippen molar-refractivity contribution in [2.45, 2.75) is 51.9 Å². The van der Waals surface area contributed by atoms with Gasteiger partial charge in [0.25, 0.3) is 11.8 Å². The number of fused-ring (bicyclic) bond motifs is 2. The second kappa shape index (κ2) is 11.3. The molecular formula is C35H32ClN3O2S. The molecule has 1 aliphatic carbocycles. The maximum atomic E-state index is 14.0. The van der Waals surface area contributed by atoms with Crippen LogP contribution in [0.5, 0.6) is 0 Å². The number of aromatic nitrogens is 1. The Bertz CT molecular complexity index is 1800. The number of halogens is 1. The lowest BCUT2D eigenvalue weighted by Crippen LogP contribution is -2.19. The van der Waals surface area contributed by atoms with Crippen LogP contribution in [0, 0.1) is 0 Å². The van der Waals surface area contributed by atoms with Crippen LogP contribution in [0.3, 0.4) is 0 Å². The molecule has 0 saturated heterocycles. The van der Waals surface area contributed by atoms with Crippen molar-refractivity contribution in [1.82, 2.24) is 4.98 Å². The summed E-state index contributed by atoms with van der Waals surface area (Å²) in [6, 6.07) is 24.9. The van der Waals surface area contributed by atoms with Crippen LogP contribution in [0.15, 0.2) is 78.9 Å². The molecule has 0 aliphatic heterocycles. The number of amides is 2. The molecule has 42 heavy (non-hydrogen) atoms. The highest BCUT2D eigenvalue weighted by molar-refractivity contribution is 7.17. The van der Waals surface area contributed by atoms with Gasteiger partial charge in [-0.2, -0.15) is 0 Å². The Morgan fingerprint density at radius 2 is 1.57 bits per heavy atom. The van der Waals surface area contributed by atoms with Crippen molar-refractivity contribution < 1.29 is 9.59 Å². The van der Waals surface area contributed by atoms with Gasteiger partial charge in [-0.25, -0.2) is 4.98 Å². The Kier molecular flexibility index (Phi) is 7.60. The van der Waals surface area contributed by atoms with Gasteiger partial charge in [0, 0.05) is 26.5 Å². The Hall–Kier alpha value is -4.00. The molecule has 0 atom stereocenters. The van der Waals surface area contributed by atoms with Crippen molar-refractivity contribution in [2.24, 2.45) is 0 Å². The fourth-order valence-electron chi connectivity index (χ4n) is 5.44. The number of carbonyl (C=O) groups excluding carboxylic acids is 2. The Morgan fingerprint density at radius 3 is 2.31 bits per heavy atom. The highest BCUT2D eigenvalue weighted by Gasteiger charge is 2.27. The van der Waals surface area contributed by atoms with Gasteiger partial charge in [0.2, 0.25) is 0 Å². The van der Waals surface area contributed by atoms with E-state index < -0.39 is 0 Å². The minimum absolute atomic E-state index is 0.0395. The molecule has 3 aromatic carbocycles. The summed E-state index contributed by atoms with van der Waals surface area (Å²) < 4.78 is 0. The first kappa shape index (κ1) is 28.1. The lowest BCUT2D eigenvalue weighted by Gasteiger charge is -2.19. The first-order chi connectivity index (χ1) is 20.2. The summed E-state index contributed by atoms with van der Waals surface area (Å²) in [5.74, 6) is -0.494. The third kappa shape index (κ3) is 5.69. The second-order valence-electron chi connectivity index (χ2n) is 11.7. The number of aryl methyl sites for hydroxylation is 1. The van der Waals surface area contributed by atoms with E-state index in [0.717, 1.165) is 58.3 Å². The smallest absolute Gasteiger partial charge is 0.258 e. The summed E-state index contributed by atoms with van der Waals surface area (Å²) in [4.78, 5) is 33.7. The van der Waals surface area contributed by atoms with Crippen LogP contribution in [0.25, 0.3) is 22.2 Å². The van der Waals surface area contributed by atoms with E-state index in [1.165, 1.54) is 16.9 Å². The van der Waals surface area contributed by atoms with E-state index in [9.17, 15) is 9.59 Å². The quantitative estimate of drug-likeness (QED) is 0.213.